The van der Waals surface area contributed by atoms with Crippen LogP contribution in [-0.2, 0) is 9.47 Å². The van der Waals surface area contributed by atoms with Gasteiger partial charge in [-0.25, -0.2) is 0 Å². The summed E-state index contributed by atoms with van der Waals surface area (Å²) in [7, 11) is 1.73. The van der Waals surface area contributed by atoms with E-state index in [1.54, 1.807) is 7.11 Å². The molecule has 0 aromatic rings. The Morgan fingerprint density at radius 1 is 1.38 bits per heavy atom. The second-order valence-electron chi connectivity index (χ2n) is 3.62. The predicted octanol–water partition coefficient (Wildman–Crippen LogP) is 1.18. The molecule has 0 aliphatic carbocycles. The van der Waals surface area contributed by atoms with Gasteiger partial charge in [0.2, 0.25) is 0 Å². The van der Waals surface area contributed by atoms with Crippen LogP contribution in [-0.4, -0.2) is 39.0 Å². The fourth-order valence-corrected chi connectivity index (χ4v) is 1.68. The lowest BCUT2D eigenvalue weighted by Gasteiger charge is -2.13. The van der Waals surface area contributed by atoms with E-state index in [1.807, 2.05) is 0 Å². The Hall–Kier alpha value is -0.120. The van der Waals surface area contributed by atoms with Crippen LogP contribution in [0.1, 0.15) is 26.2 Å². The minimum absolute atomic E-state index is 0.332. The highest BCUT2D eigenvalue weighted by atomic mass is 16.5. The summed E-state index contributed by atoms with van der Waals surface area (Å²) in [5, 5.41) is 3.37. The summed E-state index contributed by atoms with van der Waals surface area (Å²) in [5.41, 5.74) is 0. The Morgan fingerprint density at radius 2 is 2.15 bits per heavy atom. The van der Waals surface area contributed by atoms with Gasteiger partial charge in [0.15, 0.2) is 0 Å². The molecular formula is C10H21NO2. The lowest BCUT2D eigenvalue weighted by atomic mass is 10.2. The first kappa shape index (κ1) is 11.0. The smallest absolute Gasteiger partial charge is 0.0813 e. The van der Waals surface area contributed by atoms with Crippen LogP contribution in [0.3, 0.4) is 0 Å². The van der Waals surface area contributed by atoms with Gasteiger partial charge in [-0.2, -0.15) is 0 Å². The third-order valence-corrected chi connectivity index (χ3v) is 2.35. The van der Waals surface area contributed by atoms with Gasteiger partial charge in [0.25, 0.3) is 0 Å². The maximum absolute atomic E-state index is 5.76. The lowest BCUT2D eigenvalue weighted by molar-refractivity contribution is -0.000629. The van der Waals surface area contributed by atoms with Crippen LogP contribution < -0.4 is 5.32 Å². The zero-order chi connectivity index (χ0) is 9.52. The maximum Gasteiger partial charge on any atom is 0.0813 e. The van der Waals surface area contributed by atoms with E-state index >= 15 is 0 Å². The Balaban J connectivity index is 2.03. The molecule has 3 heteroatoms. The van der Waals surface area contributed by atoms with Crippen molar-refractivity contribution in [1.82, 2.24) is 5.32 Å². The molecule has 1 aliphatic rings. The quantitative estimate of drug-likeness (QED) is 0.633. The average Bonchev–Trinajstić information content (AvgIpc) is 2.54. The molecule has 0 bridgehead atoms. The van der Waals surface area contributed by atoms with Crippen molar-refractivity contribution in [3.63, 3.8) is 0 Å². The van der Waals surface area contributed by atoms with E-state index < -0.39 is 0 Å². The van der Waals surface area contributed by atoms with E-state index in [9.17, 15) is 0 Å². The second-order valence-corrected chi connectivity index (χ2v) is 3.62. The molecule has 78 valence electrons. The van der Waals surface area contributed by atoms with Gasteiger partial charge in [-0.15, -0.1) is 0 Å². The van der Waals surface area contributed by atoms with Crippen LogP contribution in [0.4, 0.5) is 0 Å². The third kappa shape index (κ3) is 4.07. The van der Waals surface area contributed by atoms with Gasteiger partial charge in [0.1, 0.15) is 0 Å². The van der Waals surface area contributed by atoms with Crippen molar-refractivity contribution in [2.24, 2.45) is 0 Å². The molecule has 13 heavy (non-hydrogen) atoms. The molecule has 2 atom stereocenters. The Bertz CT molecular complexity index is 130. The van der Waals surface area contributed by atoms with Crippen LogP contribution in [0.5, 0.6) is 0 Å². The number of methoxy groups -OCH3 is 1. The van der Waals surface area contributed by atoms with Crippen LogP contribution in [0.2, 0.25) is 0 Å². The van der Waals surface area contributed by atoms with Crippen molar-refractivity contribution in [3.8, 4) is 0 Å². The number of hydrogen-bond donors (Lipinski definition) is 1. The van der Waals surface area contributed by atoms with Gasteiger partial charge in [0, 0.05) is 13.7 Å². The molecule has 1 saturated heterocycles. The van der Waals surface area contributed by atoms with Gasteiger partial charge < -0.3 is 14.8 Å². The summed E-state index contributed by atoms with van der Waals surface area (Å²) >= 11 is 0. The highest BCUT2D eigenvalue weighted by Gasteiger charge is 2.24. The first-order valence-electron chi connectivity index (χ1n) is 5.22. The van der Waals surface area contributed by atoms with Crippen LogP contribution in [0, 0.1) is 0 Å². The third-order valence-electron chi connectivity index (χ3n) is 2.35. The maximum atomic E-state index is 5.76. The van der Waals surface area contributed by atoms with E-state index in [0.717, 1.165) is 26.1 Å². The molecule has 3 nitrogen and oxygen atoms in total. The zero-order valence-electron chi connectivity index (χ0n) is 8.71. The summed E-state index contributed by atoms with van der Waals surface area (Å²) in [6.07, 6.45) is 4.25. The number of ether oxygens (including phenoxy) is 2. The van der Waals surface area contributed by atoms with E-state index in [1.165, 1.54) is 12.8 Å². The molecule has 1 fully saturated rings. The van der Waals surface area contributed by atoms with Gasteiger partial charge in [-0.05, 0) is 25.8 Å². The molecule has 1 aliphatic heterocycles. The van der Waals surface area contributed by atoms with Crippen LogP contribution in [0.25, 0.3) is 0 Å². The second kappa shape index (κ2) is 6.35. The average molecular weight is 187 g/mol. The van der Waals surface area contributed by atoms with Crippen LogP contribution >= 0.6 is 0 Å². The van der Waals surface area contributed by atoms with E-state index in [4.69, 9.17) is 9.47 Å². The Kier molecular flexibility index (Phi) is 5.35. The summed E-state index contributed by atoms with van der Waals surface area (Å²) in [5.74, 6) is 0. The first-order valence-corrected chi connectivity index (χ1v) is 5.22. The Labute approximate surface area is 80.8 Å². The molecule has 0 aromatic carbocycles. The molecule has 0 amide bonds. The fraction of sp³-hybridized carbons (Fsp3) is 1.00. The SMILES string of the molecule is CCCNCC1CCC(COC)O1. The summed E-state index contributed by atoms with van der Waals surface area (Å²) < 4.78 is 10.8. The minimum Gasteiger partial charge on any atom is -0.382 e. The van der Waals surface area contributed by atoms with Gasteiger partial charge >= 0.3 is 0 Å². The fourth-order valence-electron chi connectivity index (χ4n) is 1.68. The van der Waals surface area contributed by atoms with Crippen molar-refractivity contribution >= 4 is 0 Å². The molecule has 0 radical (unpaired) electrons. The first-order chi connectivity index (χ1) is 6.36. The molecule has 1 heterocycles. The van der Waals surface area contributed by atoms with Crippen molar-refractivity contribution in [1.29, 1.82) is 0 Å². The highest BCUT2D eigenvalue weighted by Crippen LogP contribution is 2.18. The molecule has 0 spiro atoms. The van der Waals surface area contributed by atoms with Gasteiger partial charge in [-0.1, -0.05) is 6.92 Å². The van der Waals surface area contributed by atoms with E-state index in [2.05, 4.69) is 12.2 Å². The normalized spacial score (nSPS) is 28.2. The molecule has 1 rings (SSSR count). The lowest BCUT2D eigenvalue weighted by Crippen LogP contribution is -2.28. The molecule has 0 saturated carbocycles. The monoisotopic (exact) mass is 187 g/mol. The highest BCUT2D eigenvalue weighted by molar-refractivity contribution is 4.74. The van der Waals surface area contributed by atoms with E-state index in [-0.39, 0.29) is 0 Å². The largest absolute Gasteiger partial charge is 0.382 e. The predicted molar refractivity (Wildman–Crippen MR) is 52.9 cm³/mol. The molecular weight excluding hydrogens is 166 g/mol. The summed E-state index contributed by atoms with van der Waals surface area (Å²) in [4.78, 5) is 0. The molecule has 1 N–H and O–H groups in total. The van der Waals surface area contributed by atoms with Crippen molar-refractivity contribution in [2.45, 2.75) is 38.4 Å². The zero-order valence-corrected chi connectivity index (χ0v) is 8.71. The standard InChI is InChI=1S/C10H21NO2/c1-3-6-11-7-9-4-5-10(13-9)8-12-2/h9-11H,3-8H2,1-2H3. The van der Waals surface area contributed by atoms with Crippen molar-refractivity contribution in [3.05, 3.63) is 0 Å². The van der Waals surface area contributed by atoms with Gasteiger partial charge in [-0.3, -0.25) is 0 Å². The topological polar surface area (TPSA) is 30.5 Å². The summed E-state index contributed by atoms with van der Waals surface area (Å²) in [6.45, 7) is 5.00. The van der Waals surface area contributed by atoms with Crippen LogP contribution in [0.15, 0.2) is 0 Å². The Morgan fingerprint density at radius 3 is 2.85 bits per heavy atom. The van der Waals surface area contributed by atoms with E-state index in [0.29, 0.717) is 12.2 Å². The number of rotatable bonds is 6. The number of hydrogen-bond acceptors (Lipinski definition) is 3. The van der Waals surface area contributed by atoms with Crippen molar-refractivity contribution in [2.75, 3.05) is 26.8 Å². The minimum atomic E-state index is 0.332. The van der Waals surface area contributed by atoms with Crippen molar-refractivity contribution < 1.29 is 9.47 Å². The summed E-state index contributed by atoms with van der Waals surface area (Å²) in [6, 6.07) is 0. The number of nitrogens with one attached hydrogen (secondary N) is 1. The van der Waals surface area contributed by atoms with Gasteiger partial charge in [0.05, 0.1) is 18.8 Å². The molecule has 0 aromatic heterocycles. The molecule has 2 unspecified atom stereocenters.